The molecule has 2 fully saturated rings. The highest BCUT2D eigenvalue weighted by molar-refractivity contribution is 6.30. The minimum atomic E-state index is 0.159. The third kappa shape index (κ3) is 3.59. The van der Waals surface area contributed by atoms with E-state index in [4.69, 9.17) is 16.6 Å². The smallest absolute Gasteiger partial charge is 0.219 e. The molecular weight excluding hydrogens is 450 g/mol. The van der Waals surface area contributed by atoms with Crippen LogP contribution >= 0.6 is 11.6 Å². The van der Waals surface area contributed by atoms with Crippen LogP contribution in [0.3, 0.4) is 0 Å². The molecule has 3 aromatic heterocycles. The number of fused-ring (bicyclic) bond motifs is 4. The number of aromatic nitrogens is 4. The normalized spacial score (nSPS) is 26.1. The zero-order valence-electron chi connectivity index (χ0n) is 19.6. The van der Waals surface area contributed by atoms with Crippen molar-refractivity contribution >= 4 is 40.0 Å². The molecule has 1 amide bonds. The second kappa shape index (κ2) is 8.41. The number of hydrogen-bond donors (Lipinski definition) is 2. The molecule has 8 nitrogen and oxygen atoms in total. The van der Waals surface area contributed by atoms with Crippen molar-refractivity contribution in [2.24, 2.45) is 11.8 Å². The number of piperidine rings is 1. The molecule has 9 heteroatoms. The Morgan fingerprint density at radius 1 is 1.26 bits per heavy atom. The summed E-state index contributed by atoms with van der Waals surface area (Å²) in [7, 11) is 0. The molecule has 2 N–H and O–H groups in total. The fourth-order valence-corrected chi connectivity index (χ4v) is 6.42. The molecule has 0 radical (unpaired) electrons. The second-order valence-electron chi connectivity index (χ2n) is 9.96. The second-order valence-corrected chi connectivity index (χ2v) is 10.3. The quantitative estimate of drug-likeness (QED) is 0.554. The van der Waals surface area contributed by atoms with Crippen LogP contribution in [0.25, 0.3) is 11.0 Å². The molecule has 6 rings (SSSR count). The Hall–Kier alpha value is -2.87. The van der Waals surface area contributed by atoms with E-state index in [9.17, 15) is 4.79 Å². The maximum absolute atomic E-state index is 12.1. The fourth-order valence-electron chi connectivity index (χ4n) is 6.23. The molecule has 0 aromatic carbocycles. The summed E-state index contributed by atoms with van der Waals surface area (Å²) >= 11 is 6.38. The first-order chi connectivity index (χ1) is 16.5. The molecule has 1 aliphatic carbocycles. The maximum Gasteiger partial charge on any atom is 0.219 e. The lowest BCUT2D eigenvalue weighted by Crippen LogP contribution is -2.53. The Kier molecular flexibility index (Phi) is 5.36. The average molecular weight is 480 g/mol. The van der Waals surface area contributed by atoms with Crippen molar-refractivity contribution in [1.29, 1.82) is 0 Å². The van der Waals surface area contributed by atoms with Gasteiger partial charge in [0.25, 0.3) is 0 Å². The van der Waals surface area contributed by atoms with Crippen molar-refractivity contribution in [2.45, 2.75) is 58.2 Å². The van der Waals surface area contributed by atoms with E-state index in [-0.39, 0.29) is 11.9 Å². The largest absolute Gasteiger partial charge is 0.363 e. The van der Waals surface area contributed by atoms with E-state index in [1.807, 2.05) is 19.2 Å². The van der Waals surface area contributed by atoms with Gasteiger partial charge < -0.3 is 20.1 Å². The molecule has 3 aliphatic rings. The Morgan fingerprint density at radius 2 is 2.06 bits per heavy atom. The van der Waals surface area contributed by atoms with Crippen molar-refractivity contribution in [2.75, 3.05) is 22.9 Å². The zero-order chi connectivity index (χ0) is 23.4. The standard InChI is InChI=1S/C25H30ClN7O/c1-3-22(34)31-23-15-4-5-16(23)11-32(10-15)25-18-12-33(14(2)8-19(18)28-13-29-25)20-9-21(26)30-24-17(20)6-7-27-24/h6-7,9,13-16,23H,3-5,8,10-12H2,1-2H3,(H,27,30)(H,31,34)/t14-,15-,16+,23?/m1/s1. The predicted molar refractivity (Wildman–Crippen MR) is 133 cm³/mol. The molecule has 5 heterocycles. The summed E-state index contributed by atoms with van der Waals surface area (Å²) in [4.78, 5) is 34.0. The van der Waals surface area contributed by atoms with E-state index in [0.29, 0.717) is 29.5 Å². The first kappa shape index (κ1) is 21.6. The van der Waals surface area contributed by atoms with Gasteiger partial charge in [0.1, 0.15) is 22.9 Å². The number of nitrogens with zero attached hydrogens (tertiary/aromatic N) is 5. The number of nitrogens with one attached hydrogen (secondary N) is 2. The highest BCUT2D eigenvalue weighted by atomic mass is 35.5. The van der Waals surface area contributed by atoms with Crippen molar-refractivity contribution < 1.29 is 4.79 Å². The van der Waals surface area contributed by atoms with Crippen molar-refractivity contribution in [3.8, 4) is 0 Å². The fraction of sp³-hybridized carbons (Fsp3) is 0.520. The van der Waals surface area contributed by atoms with Gasteiger partial charge in [0.15, 0.2) is 0 Å². The van der Waals surface area contributed by atoms with Gasteiger partial charge in [0.2, 0.25) is 5.91 Å². The van der Waals surface area contributed by atoms with Gasteiger partial charge >= 0.3 is 0 Å². The molecule has 3 aromatic rings. The molecule has 4 atom stereocenters. The minimum absolute atomic E-state index is 0.159. The Morgan fingerprint density at radius 3 is 2.82 bits per heavy atom. The van der Waals surface area contributed by atoms with Crippen LogP contribution in [0, 0.1) is 11.8 Å². The van der Waals surface area contributed by atoms with Crippen LogP contribution in [0.2, 0.25) is 5.15 Å². The number of aromatic amines is 1. The summed E-state index contributed by atoms with van der Waals surface area (Å²) in [5.41, 5.74) is 4.23. The van der Waals surface area contributed by atoms with Gasteiger partial charge in [-0.25, -0.2) is 15.0 Å². The van der Waals surface area contributed by atoms with Crippen LogP contribution in [0.5, 0.6) is 0 Å². The first-order valence-electron chi connectivity index (χ1n) is 12.3. The molecule has 2 aliphatic heterocycles. The lowest BCUT2D eigenvalue weighted by atomic mass is 9.91. The number of hydrogen-bond acceptors (Lipinski definition) is 6. The Bertz CT molecular complexity index is 1230. The number of carbonyl (C=O) groups is 1. The predicted octanol–water partition coefficient (Wildman–Crippen LogP) is 3.70. The average Bonchev–Trinajstić information content (AvgIpc) is 3.38. The molecular formula is C25H30ClN7O. The van der Waals surface area contributed by atoms with E-state index in [0.717, 1.165) is 67.1 Å². The zero-order valence-corrected chi connectivity index (χ0v) is 20.3. The molecule has 2 bridgehead atoms. The van der Waals surface area contributed by atoms with Crippen LogP contribution in [0.15, 0.2) is 24.7 Å². The van der Waals surface area contributed by atoms with Crippen LogP contribution < -0.4 is 15.1 Å². The van der Waals surface area contributed by atoms with Crippen LogP contribution in [0.1, 0.15) is 44.4 Å². The Labute approximate surface area is 204 Å². The monoisotopic (exact) mass is 479 g/mol. The van der Waals surface area contributed by atoms with Gasteiger partial charge in [-0.05, 0) is 43.7 Å². The van der Waals surface area contributed by atoms with E-state index in [1.54, 1.807) is 6.33 Å². The summed E-state index contributed by atoms with van der Waals surface area (Å²) in [6.45, 7) is 6.74. The molecule has 1 unspecified atom stereocenters. The van der Waals surface area contributed by atoms with Crippen LogP contribution in [-0.4, -0.2) is 51.0 Å². The summed E-state index contributed by atoms with van der Waals surface area (Å²) in [6.07, 6.45) is 7.34. The van der Waals surface area contributed by atoms with Crippen molar-refractivity contribution in [1.82, 2.24) is 25.3 Å². The van der Waals surface area contributed by atoms with Gasteiger partial charge in [-0.1, -0.05) is 18.5 Å². The van der Waals surface area contributed by atoms with E-state index in [1.165, 1.54) is 5.56 Å². The lowest BCUT2D eigenvalue weighted by molar-refractivity contribution is -0.122. The number of anilines is 2. The highest BCUT2D eigenvalue weighted by Gasteiger charge is 2.43. The molecule has 0 spiro atoms. The number of halogens is 1. The van der Waals surface area contributed by atoms with Gasteiger partial charge in [-0.2, -0.15) is 0 Å². The summed E-state index contributed by atoms with van der Waals surface area (Å²) in [5, 5.41) is 4.85. The third-order valence-corrected chi connectivity index (χ3v) is 8.12. The number of amides is 1. The topological polar surface area (TPSA) is 90.0 Å². The van der Waals surface area contributed by atoms with Gasteiger partial charge in [0.05, 0.1) is 11.4 Å². The van der Waals surface area contributed by atoms with E-state index in [2.05, 4.69) is 43.1 Å². The molecule has 1 saturated heterocycles. The van der Waals surface area contributed by atoms with Gasteiger partial charge in [-0.15, -0.1) is 0 Å². The number of H-pyrrole nitrogens is 1. The number of rotatable bonds is 4. The Balaban J connectivity index is 1.31. The number of pyridine rings is 1. The maximum atomic E-state index is 12.1. The highest BCUT2D eigenvalue weighted by Crippen LogP contribution is 2.41. The van der Waals surface area contributed by atoms with Crippen molar-refractivity contribution in [3.63, 3.8) is 0 Å². The van der Waals surface area contributed by atoms with E-state index >= 15 is 0 Å². The minimum Gasteiger partial charge on any atom is -0.363 e. The van der Waals surface area contributed by atoms with Gasteiger partial charge in [0, 0.05) is 61.7 Å². The summed E-state index contributed by atoms with van der Waals surface area (Å²) < 4.78 is 0. The molecule has 34 heavy (non-hydrogen) atoms. The lowest BCUT2D eigenvalue weighted by Gasteiger charge is -2.42. The van der Waals surface area contributed by atoms with E-state index < -0.39 is 0 Å². The van der Waals surface area contributed by atoms with Crippen molar-refractivity contribution in [3.05, 3.63) is 41.1 Å². The van der Waals surface area contributed by atoms with Gasteiger partial charge in [-0.3, -0.25) is 4.79 Å². The molecule has 178 valence electrons. The SMILES string of the molecule is CCC(=O)NC1[C@@H]2CC[C@H]1CN(c1ncnc3c1CN(c1cc(Cl)nc4[nH]ccc14)[C@H](C)C3)C2. The number of carbonyl (C=O) groups excluding carboxylic acids is 1. The summed E-state index contributed by atoms with van der Waals surface area (Å²) in [5.74, 6) is 2.14. The third-order valence-electron chi connectivity index (χ3n) is 7.93. The van der Waals surface area contributed by atoms with Crippen LogP contribution in [-0.2, 0) is 17.8 Å². The molecule has 1 saturated carbocycles. The first-order valence-corrected chi connectivity index (χ1v) is 12.7. The van der Waals surface area contributed by atoms with Crippen LogP contribution in [0.4, 0.5) is 11.5 Å². The summed E-state index contributed by atoms with van der Waals surface area (Å²) in [6, 6.07) is 4.59.